The highest BCUT2D eigenvalue weighted by Crippen LogP contribution is 2.75. The Hall–Kier alpha value is -2.83. The molecule has 6 aliphatic carbocycles. The van der Waals surface area contributed by atoms with Gasteiger partial charge in [0.25, 0.3) is 0 Å². The van der Waals surface area contributed by atoms with Crippen molar-refractivity contribution in [3.05, 3.63) is 46.3 Å². The number of rotatable bonds is 3. The van der Waals surface area contributed by atoms with Gasteiger partial charge in [0.05, 0.1) is 7.11 Å². The van der Waals surface area contributed by atoms with Crippen molar-refractivity contribution >= 4 is 17.8 Å². The Bertz CT molecular complexity index is 1400. The Kier molecular flexibility index (Phi) is 6.33. The van der Waals surface area contributed by atoms with Gasteiger partial charge in [0.15, 0.2) is 5.76 Å². The Labute approximate surface area is 250 Å². The molecule has 0 heterocycles. The molecule has 3 N–H and O–H groups in total. The molecule has 1 unspecified atom stereocenters. The maximum absolute atomic E-state index is 13.1. The number of esters is 1. The second-order valence-corrected chi connectivity index (χ2v) is 15.4. The number of allylic oxidation sites excluding steroid dienone is 7. The predicted octanol–water partition coefficient (Wildman–Crippen LogP) is 6.70. The van der Waals surface area contributed by atoms with E-state index in [9.17, 15) is 19.5 Å². The number of hydrogen-bond acceptors (Lipinski definition) is 5. The van der Waals surface area contributed by atoms with Crippen molar-refractivity contribution in [2.45, 2.75) is 111 Å². The Morgan fingerprint density at radius 3 is 2.33 bits per heavy atom. The van der Waals surface area contributed by atoms with Gasteiger partial charge in [-0.15, -0.1) is 0 Å². The number of fused-ring (bicyclic) bond motifs is 7. The van der Waals surface area contributed by atoms with Crippen LogP contribution in [0.15, 0.2) is 46.3 Å². The molecule has 0 aromatic carbocycles. The molecule has 4 saturated carbocycles. The first kappa shape index (κ1) is 29.3. The molecule has 0 aromatic rings. The first-order valence-corrected chi connectivity index (χ1v) is 15.9. The fraction of sp³-hybridized carbons (Fsp3) is 0.686. The molecule has 42 heavy (non-hydrogen) atoms. The van der Waals surface area contributed by atoms with Gasteiger partial charge in [0, 0.05) is 17.0 Å². The highest BCUT2D eigenvalue weighted by atomic mass is 16.5. The van der Waals surface area contributed by atoms with E-state index in [2.05, 4.69) is 46.8 Å². The van der Waals surface area contributed by atoms with E-state index in [-0.39, 0.29) is 51.1 Å². The smallest absolute Gasteiger partial charge is 0.331 e. The lowest BCUT2D eigenvalue weighted by Gasteiger charge is -2.70. The molecule has 0 bridgehead atoms. The maximum atomic E-state index is 13.1. The minimum atomic E-state index is -0.939. The predicted molar refractivity (Wildman–Crippen MR) is 161 cm³/mol. The fourth-order valence-corrected chi connectivity index (χ4v) is 10.9. The van der Waals surface area contributed by atoms with E-state index in [4.69, 9.17) is 10.5 Å². The fourth-order valence-electron chi connectivity index (χ4n) is 10.9. The zero-order chi connectivity index (χ0) is 30.6. The number of ether oxygens (including phenoxy) is 1. The summed E-state index contributed by atoms with van der Waals surface area (Å²) in [7, 11) is 1.40. The zero-order valence-corrected chi connectivity index (χ0v) is 26.4. The number of ketones is 1. The Morgan fingerprint density at radius 2 is 1.74 bits per heavy atom. The zero-order valence-electron chi connectivity index (χ0n) is 26.4. The van der Waals surface area contributed by atoms with Gasteiger partial charge < -0.3 is 20.5 Å². The lowest BCUT2D eigenvalue weighted by molar-refractivity contribution is -0.178. The highest BCUT2D eigenvalue weighted by Gasteiger charge is 2.67. The van der Waals surface area contributed by atoms with Crippen molar-refractivity contribution in [1.82, 2.24) is 4.90 Å². The molecule has 6 rings (SSSR count). The van der Waals surface area contributed by atoms with E-state index in [1.165, 1.54) is 12.7 Å². The standard InChI is InChI=1S/C35H48N2O5/c1-20-17-27-31(3,19-24(20)37(30(36)41)35(11-8-12-35)29(40)42-7)13-15-33(5)26-10-9-22-21(2)28(39)25(38)18-23(22)32(26,4)14-16-34(27,33)6/h9-10,18,20,24,27,39H,8,11-17,19H2,1-7H3,(H2,36,41)/t20-,24?,27-,31+,32+,33-,34+/m1/s1. The van der Waals surface area contributed by atoms with Crippen molar-refractivity contribution < 1.29 is 24.2 Å². The third-order valence-corrected chi connectivity index (χ3v) is 13.7. The van der Waals surface area contributed by atoms with Crippen LogP contribution in [0.5, 0.6) is 0 Å². The number of nitrogens with two attached hydrogens (primary N) is 1. The molecule has 0 radical (unpaired) electrons. The summed E-state index contributed by atoms with van der Waals surface area (Å²) >= 11 is 0. The molecule has 2 amide bonds. The molecule has 0 aromatic heterocycles. The number of methoxy groups -OCH3 is 1. The number of hydrogen-bond donors (Lipinski definition) is 2. The van der Waals surface area contributed by atoms with Gasteiger partial charge in [-0.1, -0.05) is 52.3 Å². The van der Waals surface area contributed by atoms with Crippen LogP contribution >= 0.6 is 0 Å². The van der Waals surface area contributed by atoms with Crippen LogP contribution < -0.4 is 5.73 Å². The van der Waals surface area contributed by atoms with Crippen molar-refractivity contribution in [3.8, 4) is 0 Å². The van der Waals surface area contributed by atoms with Gasteiger partial charge in [0.1, 0.15) is 5.54 Å². The third kappa shape index (κ3) is 3.48. The number of amides is 2. The molecular weight excluding hydrogens is 528 g/mol. The van der Waals surface area contributed by atoms with E-state index >= 15 is 0 Å². The first-order chi connectivity index (χ1) is 19.6. The van der Waals surface area contributed by atoms with Crippen LogP contribution in [-0.4, -0.2) is 46.5 Å². The maximum Gasteiger partial charge on any atom is 0.331 e. The molecule has 0 saturated heterocycles. The van der Waals surface area contributed by atoms with Crippen LogP contribution in [0, 0.1) is 33.5 Å². The third-order valence-electron chi connectivity index (χ3n) is 13.7. The lowest BCUT2D eigenvalue weighted by Crippen LogP contribution is -2.70. The summed E-state index contributed by atoms with van der Waals surface area (Å²) < 4.78 is 5.22. The van der Waals surface area contributed by atoms with Crippen molar-refractivity contribution in [2.75, 3.05) is 7.11 Å². The summed E-state index contributed by atoms with van der Waals surface area (Å²) in [5.74, 6) is -0.154. The van der Waals surface area contributed by atoms with Gasteiger partial charge in [-0.05, 0) is 110 Å². The second kappa shape index (κ2) is 9.09. The summed E-state index contributed by atoms with van der Waals surface area (Å²) in [5, 5.41) is 10.4. The lowest BCUT2D eigenvalue weighted by atomic mass is 9.35. The van der Waals surface area contributed by atoms with Gasteiger partial charge in [-0.2, -0.15) is 0 Å². The van der Waals surface area contributed by atoms with Crippen LogP contribution in [0.25, 0.3) is 0 Å². The van der Waals surface area contributed by atoms with E-state index in [0.717, 1.165) is 56.1 Å². The van der Waals surface area contributed by atoms with E-state index < -0.39 is 11.6 Å². The van der Waals surface area contributed by atoms with Crippen LogP contribution in [-0.2, 0) is 14.3 Å². The number of aliphatic hydroxyl groups excluding tert-OH is 1. The van der Waals surface area contributed by atoms with Crippen molar-refractivity contribution in [3.63, 3.8) is 0 Å². The van der Waals surface area contributed by atoms with Gasteiger partial charge in [-0.25, -0.2) is 9.59 Å². The number of carbonyl (C=O) groups excluding carboxylic acids is 3. The second-order valence-electron chi connectivity index (χ2n) is 15.4. The summed E-state index contributed by atoms with van der Waals surface area (Å²) in [5.41, 5.74) is 8.96. The quantitative estimate of drug-likeness (QED) is 0.364. The molecule has 0 aliphatic heterocycles. The minimum Gasteiger partial charge on any atom is -0.504 e. The SMILES string of the molecule is COC(=O)C1(N(C(N)=O)C2C[C@]3(C)CC[C@]4(C)C5=CC=C6C(=CC(=O)C(O)=C6C)[C@]5(C)CC[C@@]4(C)[C@@H]3C[C@H]2C)CCC1. The average Bonchev–Trinajstić information content (AvgIpc) is 2.91. The number of urea groups is 1. The molecule has 7 atom stereocenters. The number of carbonyl (C=O) groups is 3. The molecule has 7 heteroatoms. The van der Waals surface area contributed by atoms with Gasteiger partial charge in [0.2, 0.25) is 5.78 Å². The molecular formula is C35H48N2O5. The molecule has 0 spiro atoms. The summed E-state index contributed by atoms with van der Waals surface area (Å²) in [4.78, 5) is 40.6. The number of aliphatic hydroxyl groups is 1. The Morgan fingerprint density at radius 1 is 1.05 bits per heavy atom. The van der Waals surface area contributed by atoms with E-state index in [0.29, 0.717) is 24.3 Å². The van der Waals surface area contributed by atoms with E-state index in [1.807, 2.05) is 6.92 Å². The number of primary amides is 1. The monoisotopic (exact) mass is 576 g/mol. The van der Waals surface area contributed by atoms with Crippen LogP contribution in [0.2, 0.25) is 0 Å². The van der Waals surface area contributed by atoms with Gasteiger partial charge in [-0.3, -0.25) is 4.79 Å². The highest BCUT2D eigenvalue weighted by molar-refractivity contribution is 6.06. The van der Waals surface area contributed by atoms with Crippen LogP contribution in [0.1, 0.15) is 99.3 Å². The summed E-state index contributed by atoms with van der Waals surface area (Å²) in [6.45, 7) is 13.7. The van der Waals surface area contributed by atoms with Crippen molar-refractivity contribution in [2.24, 2.45) is 39.2 Å². The minimum absolute atomic E-state index is 0.00461. The Balaban J connectivity index is 1.37. The number of nitrogens with zero attached hydrogens (tertiary/aromatic N) is 1. The molecule has 4 fully saturated rings. The largest absolute Gasteiger partial charge is 0.504 e. The van der Waals surface area contributed by atoms with Gasteiger partial charge >= 0.3 is 12.0 Å². The summed E-state index contributed by atoms with van der Waals surface area (Å²) in [6, 6.07) is -0.620. The van der Waals surface area contributed by atoms with E-state index in [1.54, 1.807) is 11.0 Å². The van der Waals surface area contributed by atoms with Crippen molar-refractivity contribution in [1.29, 1.82) is 0 Å². The average molecular weight is 577 g/mol. The molecule has 228 valence electrons. The molecule has 6 aliphatic rings. The topological polar surface area (TPSA) is 110 Å². The normalized spacial score (nSPS) is 41.9. The first-order valence-electron chi connectivity index (χ1n) is 15.9. The summed E-state index contributed by atoms with van der Waals surface area (Å²) in [6.07, 6.45) is 14.0. The van der Waals surface area contributed by atoms with Crippen LogP contribution in [0.4, 0.5) is 4.79 Å². The van der Waals surface area contributed by atoms with Crippen LogP contribution in [0.3, 0.4) is 0 Å². The molecule has 7 nitrogen and oxygen atoms in total.